The fourth-order valence-corrected chi connectivity index (χ4v) is 3.29. The van der Waals surface area contributed by atoms with Crippen LogP contribution in [0.2, 0.25) is 0 Å². The summed E-state index contributed by atoms with van der Waals surface area (Å²) in [6, 6.07) is 10.2. The van der Waals surface area contributed by atoms with Gasteiger partial charge in [0.15, 0.2) is 0 Å². The third-order valence-corrected chi connectivity index (χ3v) is 4.64. The van der Waals surface area contributed by atoms with Crippen LogP contribution in [0.3, 0.4) is 0 Å². The Labute approximate surface area is 126 Å². The molecular formula is C17H24N2O2. The summed E-state index contributed by atoms with van der Waals surface area (Å²) in [6.07, 6.45) is 3.39. The van der Waals surface area contributed by atoms with E-state index in [4.69, 9.17) is 0 Å². The average Bonchev–Trinajstić information content (AvgIpc) is 2.48. The van der Waals surface area contributed by atoms with Crippen molar-refractivity contribution in [3.8, 4) is 0 Å². The normalized spacial score (nSPS) is 21.9. The van der Waals surface area contributed by atoms with Crippen molar-refractivity contribution in [1.82, 2.24) is 9.80 Å². The number of carbonyl (C=O) groups is 1. The molecule has 21 heavy (non-hydrogen) atoms. The first kappa shape index (κ1) is 14.5. The largest absolute Gasteiger partial charge is 0.383 e. The van der Waals surface area contributed by atoms with E-state index in [0.717, 1.165) is 18.7 Å². The second-order valence-corrected chi connectivity index (χ2v) is 6.20. The Bertz CT molecular complexity index is 465. The van der Waals surface area contributed by atoms with Crippen LogP contribution < -0.4 is 0 Å². The third kappa shape index (κ3) is 3.44. The zero-order valence-electron chi connectivity index (χ0n) is 12.4. The highest BCUT2D eigenvalue weighted by molar-refractivity contribution is 5.81. The lowest BCUT2D eigenvalue weighted by atomic mass is 10.0. The molecule has 2 fully saturated rings. The molecule has 0 saturated carbocycles. The molecule has 1 atom stereocenters. The Kier molecular flexibility index (Phi) is 4.56. The number of aliphatic hydroxyl groups excluding tert-OH is 1. The first-order valence-corrected chi connectivity index (χ1v) is 7.99. The second kappa shape index (κ2) is 6.58. The highest BCUT2D eigenvalue weighted by atomic mass is 16.3. The van der Waals surface area contributed by atoms with Crippen LogP contribution in [0.1, 0.15) is 24.8 Å². The van der Waals surface area contributed by atoms with Crippen LogP contribution in [0.25, 0.3) is 0 Å². The van der Waals surface area contributed by atoms with Gasteiger partial charge in [0.2, 0.25) is 0 Å². The van der Waals surface area contributed by atoms with E-state index in [2.05, 4.69) is 4.90 Å². The van der Waals surface area contributed by atoms with Gasteiger partial charge in [-0.3, -0.25) is 9.69 Å². The van der Waals surface area contributed by atoms with Gasteiger partial charge in [0, 0.05) is 25.6 Å². The van der Waals surface area contributed by atoms with Crippen molar-refractivity contribution in [2.75, 3.05) is 26.2 Å². The van der Waals surface area contributed by atoms with Gasteiger partial charge in [0.05, 0.1) is 0 Å². The molecule has 2 heterocycles. The van der Waals surface area contributed by atoms with E-state index < -0.39 is 6.10 Å². The van der Waals surface area contributed by atoms with Gasteiger partial charge >= 0.3 is 0 Å². The van der Waals surface area contributed by atoms with Gasteiger partial charge in [-0.25, -0.2) is 0 Å². The molecule has 0 bridgehead atoms. The summed E-state index contributed by atoms with van der Waals surface area (Å²) in [7, 11) is 0. The molecule has 2 aliphatic heterocycles. The molecule has 3 rings (SSSR count). The lowest BCUT2D eigenvalue weighted by molar-refractivity contribution is -0.148. The average molecular weight is 288 g/mol. The number of nitrogens with zero attached hydrogens (tertiary/aromatic N) is 2. The van der Waals surface area contributed by atoms with Crippen LogP contribution in [0, 0.1) is 0 Å². The summed E-state index contributed by atoms with van der Waals surface area (Å²) in [4.78, 5) is 16.5. The Balaban J connectivity index is 1.46. The monoisotopic (exact) mass is 288 g/mol. The van der Waals surface area contributed by atoms with Gasteiger partial charge in [-0.05, 0) is 31.5 Å². The second-order valence-electron chi connectivity index (χ2n) is 6.20. The Morgan fingerprint density at radius 3 is 2.48 bits per heavy atom. The molecule has 2 saturated heterocycles. The van der Waals surface area contributed by atoms with Crippen LogP contribution in [-0.2, 0) is 11.2 Å². The fraction of sp³-hybridized carbons (Fsp3) is 0.588. The molecule has 1 aromatic rings. The molecule has 0 spiro atoms. The summed E-state index contributed by atoms with van der Waals surface area (Å²) in [6.45, 7) is 3.90. The van der Waals surface area contributed by atoms with E-state index in [1.54, 1.807) is 4.90 Å². The Morgan fingerprint density at radius 2 is 1.81 bits per heavy atom. The highest BCUT2D eigenvalue weighted by Gasteiger charge is 2.37. The molecule has 114 valence electrons. The van der Waals surface area contributed by atoms with E-state index >= 15 is 0 Å². The number of likely N-dealkylation sites (tertiary alicyclic amines) is 2. The molecule has 0 radical (unpaired) electrons. The molecule has 4 nitrogen and oxygen atoms in total. The van der Waals surface area contributed by atoms with Crippen LogP contribution in [0.15, 0.2) is 30.3 Å². The number of hydrogen-bond donors (Lipinski definition) is 1. The van der Waals surface area contributed by atoms with Gasteiger partial charge in [-0.2, -0.15) is 0 Å². The number of benzene rings is 1. The Hall–Kier alpha value is -1.39. The Morgan fingerprint density at radius 1 is 1.14 bits per heavy atom. The summed E-state index contributed by atoms with van der Waals surface area (Å²) in [5.41, 5.74) is 1.01. The molecule has 4 heteroatoms. The molecule has 0 unspecified atom stereocenters. The summed E-state index contributed by atoms with van der Waals surface area (Å²) < 4.78 is 0. The zero-order valence-corrected chi connectivity index (χ0v) is 12.4. The van der Waals surface area contributed by atoms with Crippen LogP contribution in [0.4, 0.5) is 0 Å². The summed E-state index contributed by atoms with van der Waals surface area (Å²) in [5.74, 6) is -0.118. The molecule has 0 aliphatic carbocycles. The first-order chi connectivity index (χ1) is 10.2. The number of hydrogen-bond acceptors (Lipinski definition) is 3. The van der Waals surface area contributed by atoms with Gasteiger partial charge in [-0.15, -0.1) is 0 Å². The topological polar surface area (TPSA) is 43.8 Å². The number of rotatable bonds is 4. The molecule has 1 aromatic carbocycles. The number of piperidine rings is 1. The molecule has 1 amide bonds. The lowest BCUT2D eigenvalue weighted by Crippen LogP contribution is -2.63. The fourth-order valence-electron chi connectivity index (χ4n) is 3.29. The molecule has 0 aromatic heterocycles. The van der Waals surface area contributed by atoms with Crippen molar-refractivity contribution in [2.24, 2.45) is 0 Å². The molecule has 2 aliphatic rings. The predicted molar refractivity (Wildman–Crippen MR) is 81.9 cm³/mol. The maximum atomic E-state index is 12.2. The maximum Gasteiger partial charge on any atom is 0.251 e. The van der Waals surface area contributed by atoms with Gasteiger partial charge in [0.25, 0.3) is 5.91 Å². The van der Waals surface area contributed by atoms with E-state index in [1.807, 2.05) is 30.3 Å². The highest BCUT2D eigenvalue weighted by Crippen LogP contribution is 2.21. The van der Waals surface area contributed by atoms with Crippen LogP contribution >= 0.6 is 0 Å². The van der Waals surface area contributed by atoms with Crippen molar-refractivity contribution < 1.29 is 9.90 Å². The number of aliphatic hydroxyl groups is 1. The molecule has 1 N–H and O–H groups in total. The lowest BCUT2D eigenvalue weighted by Gasteiger charge is -2.47. The van der Waals surface area contributed by atoms with Crippen molar-refractivity contribution in [2.45, 2.75) is 37.8 Å². The maximum absolute atomic E-state index is 12.2. The molecular weight excluding hydrogens is 264 g/mol. The number of amides is 1. The summed E-state index contributed by atoms with van der Waals surface area (Å²) in [5, 5.41) is 10.1. The van der Waals surface area contributed by atoms with E-state index in [0.29, 0.717) is 12.5 Å². The van der Waals surface area contributed by atoms with E-state index in [-0.39, 0.29) is 5.91 Å². The SMILES string of the molecule is O=C([C@@H](O)Cc1ccccc1)N1CC(N2CCCCC2)C1. The minimum Gasteiger partial charge on any atom is -0.383 e. The van der Waals surface area contributed by atoms with E-state index in [9.17, 15) is 9.90 Å². The van der Waals surface area contributed by atoms with Gasteiger partial charge < -0.3 is 10.0 Å². The van der Waals surface area contributed by atoms with Crippen LogP contribution in [-0.4, -0.2) is 59.1 Å². The number of carbonyl (C=O) groups excluding carboxylic acids is 1. The van der Waals surface area contributed by atoms with Gasteiger partial charge in [0.1, 0.15) is 6.10 Å². The minimum atomic E-state index is -0.908. The van der Waals surface area contributed by atoms with Crippen LogP contribution in [0.5, 0.6) is 0 Å². The van der Waals surface area contributed by atoms with Crippen molar-refractivity contribution in [3.05, 3.63) is 35.9 Å². The third-order valence-electron chi connectivity index (χ3n) is 4.64. The van der Waals surface area contributed by atoms with Gasteiger partial charge in [-0.1, -0.05) is 36.8 Å². The quantitative estimate of drug-likeness (QED) is 0.908. The van der Waals surface area contributed by atoms with Crippen molar-refractivity contribution in [3.63, 3.8) is 0 Å². The standard InChI is InChI=1S/C17H24N2O2/c20-16(11-14-7-3-1-4-8-14)17(21)19-12-15(13-19)18-9-5-2-6-10-18/h1,3-4,7-8,15-16,20H,2,5-6,9-13H2/t16-/m0/s1. The minimum absolute atomic E-state index is 0.118. The van der Waals surface area contributed by atoms with E-state index in [1.165, 1.54) is 32.4 Å². The van der Waals surface area contributed by atoms with Crippen molar-refractivity contribution in [1.29, 1.82) is 0 Å². The summed E-state index contributed by atoms with van der Waals surface area (Å²) >= 11 is 0. The first-order valence-electron chi connectivity index (χ1n) is 7.99. The van der Waals surface area contributed by atoms with Crippen molar-refractivity contribution >= 4 is 5.91 Å². The smallest absolute Gasteiger partial charge is 0.251 e. The zero-order chi connectivity index (χ0) is 14.7. The predicted octanol–water partition coefficient (Wildman–Crippen LogP) is 1.29.